The van der Waals surface area contributed by atoms with E-state index in [2.05, 4.69) is 4.98 Å². The summed E-state index contributed by atoms with van der Waals surface area (Å²) in [5.41, 5.74) is 1.27. The number of aliphatic carboxylic acids is 1. The molecule has 0 aliphatic carbocycles. The highest BCUT2D eigenvalue weighted by atomic mass is 16.5. The molecule has 0 saturated carbocycles. The molecule has 2 rings (SSSR count). The molecule has 0 spiro atoms. The number of nitrogens with zero attached hydrogens (tertiary/aromatic N) is 3. The van der Waals surface area contributed by atoms with Gasteiger partial charge in [-0.3, -0.25) is 9.59 Å². The van der Waals surface area contributed by atoms with Gasteiger partial charge in [0, 0.05) is 44.9 Å². The Morgan fingerprint density at radius 3 is 2.92 bits per heavy atom. The lowest BCUT2D eigenvalue weighted by Gasteiger charge is -2.24. The zero-order valence-corrected chi connectivity index (χ0v) is 14.0. The van der Waals surface area contributed by atoms with Crippen LogP contribution in [0.5, 0.6) is 0 Å². The molecule has 1 unspecified atom stereocenters. The van der Waals surface area contributed by atoms with Gasteiger partial charge in [0.1, 0.15) is 5.65 Å². The first kappa shape index (κ1) is 17.9. The summed E-state index contributed by atoms with van der Waals surface area (Å²) in [4.78, 5) is 29.7. The van der Waals surface area contributed by atoms with Gasteiger partial charge in [-0.05, 0) is 25.5 Å². The number of ether oxygens (including phenoxy) is 1. The SMILES string of the molecule is CCOCCCN(CC(C)C(=O)O)C(=O)c1ccc2nccn2c1. The molecule has 130 valence electrons. The van der Waals surface area contributed by atoms with Gasteiger partial charge < -0.3 is 19.1 Å². The molecule has 1 amide bonds. The highest BCUT2D eigenvalue weighted by Crippen LogP contribution is 2.11. The van der Waals surface area contributed by atoms with Gasteiger partial charge in [-0.1, -0.05) is 6.92 Å². The Balaban J connectivity index is 2.13. The smallest absolute Gasteiger partial charge is 0.308 e. The van der Waals surface area contributed by atoms with Crippen LogP contribution >= 0.6 is 0 Å². The number of pyridine rings is 1. The van der Waals surface area contributed by atoms with Crippen molar-refractivity contribution in [2.45, 2.75) is 20.3 Å². The fourth-order valence-corrected chi connectivity index (χ4v) is 2.42. The lowest BCUT2D eigenvalue weighted by atomic mass is 10.1. The van der Waals surface area contributed by atoms with Crippen molar-refractivity contribution < 1.29 is 19.4 Å². The van der Waals surface area contributed by atoms with Crippen molar-refractivity contribution in [3.8, 4) is 0 Å². The molecule has 0 fully saturated rings. The maximum atomic E-state index is 12.8. The molecule has 0 aromatic carbocycles. The van der Waals surface area contributed by atoms with Crippen molar-refractivity contribution in [3.63, 3.8) is 0 Å². The number of hydrogen-bond donors (Lipinski definition) is 1. The van der Waals surface area contributed by atoms with Gasteiger partial charge >= 0.3 is 5.97 Å². The van der Waals surface area contributed by atoms with Gasteiger partial charge in [0.05, 0.1) is 11.5 Å². The molecule has 7 nitrogen and oxygen atoms in total. The monoisotopic (exact) mass is 333 g/mol. The Labute approximate surface area is 140 Å². The van der Waals surface area contributed by atoms with E-state index in [0.717, 1.165) is 5.65 Å². The second kappa shape index (κ2) is 8.44. The van der Waals surface area contributed by atoms with Gasteiger partial charge in [-0.25, -0.2) is 4.98 Å². The predicted octanol–water partition coefficient (Wildman–Crippen LogP) is 1.92. The third-order valence-corrected chi connectivity index (χ3v) is 3.76. The van der Waals surface area contributed by atoms with Crippen molar-refractivity contribution in [1.29, 1.82) is 0 Å². The van der Waals surface area contributed by atoms with Crippen molar-refractivity contribution in [2.24, 2.45) is 5.92 Å². The number of rotatable bonds is 9. The Bertz CT molecular complexity index is 698. The summed E-state index contributed by atoms with van der Waals surface area (Å²) in [5.74, 6) is -1.73. The molecule has 2 aromatic rings. The molecule has 0 aliphatic heterocycles. The molecule has 0 bridgehead atoms. The summed E-state index contributed by atoms with van der Waals surface area (Å²) >= 11 is 0. The minimum absolute atomic E-state index is 0.169. The van der Waals surface area contributed by atoms with Crippen molar-refractivity contribution >= 4 is 17.5 Å². The highest BCUT2D eigenvalue weighted by Gasteiger charge is 2.21. The van der Waals surface area contributed by atoms with Crippen molar-refractivity contribution in [3.05, 3.63) is 36.3 Å². The maximum absolute atomic E-state index is 12.8. The zero-order chi connectivity index (χ0) is 17.5. The van der Waals surface area contributed by atoms with Crippen LogP contribution in [0.1, 0.15) is 30.6 Å². The molecule has 24 heavy (non-hydrogen) atoms. The fraction of sp³-hybridized carbons (Fsp3) is 0.471. The number of carboxylic acid groups (broad SMARTS) is 1. The molecule has 0 radical (unpaired) electrons. The average molecular weight is 333 g/mol. The van der Waals surface area contributed by atoms with Crippen molar-refractivity contribution in [1.82, 2.24) is 14.3 Å². The van der Waals surface area contributed by atoms with Crippen LogP contribution in [0.25, 0.3) is 5.65 Å². The van der Waals surface area contributed by atoms with Crippen LogP contribution in [0.15, 0.2) is 30.7 Å². The molecular weight excluding hydrogens is 310 g/mol. The summed E-state index contributed by atoms with van der Waals surface area (Å²) in [5, 5.41) is 9.13. The number of fused-ring (bicyclic) bond motifs is 1. The normalized spacial score (nSPS) is 12.2. The number of imidazole rings is 1. The van der Waals surface area contributed by atoms with E-state index in [9.17, 15) is 9.59 Å². The number of carbonyl (C=O) groups excluding carboxylic acids is 1. The van der Waals surface area contributed by atoms with E-state index in [1.165, 1.54) is 0 Å². The molecule has 1 atom stereocenters. The molecule has 7 heteroatoms. The number of aromatic nitrogens is 2. The minimum atomic E-state index is -0.914. The standard InChI is InChI=1S/C17H23N3O4/c1-3-24-10-4-8-20(11-13(2)17(22)23)16(21)14-5-6-15-18-7-9-19(15)12-14/h5-7,9,12-13H,3-4,8,10-11H2,1-2H3,(H,22,23). The summed E-state index contributed by atoms with van der Waals surface area (Å²) in [7, 11) is 0. The fourth-order valence-electron chi connectivity index (χ4n) is 2.42. The van der Waals surface area contributed by atoms with Crippen molar-refractivity contribution in [2.75, 3.05) is 26.3 Å². The summed E-state index contributed by atoms with van der Waals surface area (Å²) < 4.78 is 7.07. The number of hydrogen-bond acceptors (Lipinski definition) is 4. The zero-order valence-electron chi connectivity index (χ0n) is 14.0. The Morgan fingerprint density at radius 1 is 1.42 bits per heavy atom. The Kier molecular flexibility index (Phi) is 6.31. The van der Waals surface area contributed by atoms with Crippen LogP contribution in [-0.4, -0.2) is 57.6 Å². The number of carbonyl (C=O) groups is 2. The van der Waals surface area contributed by atoms with Crippen LogP contribution in [0.3, 0.4) is 0 Å². The molecule has 0 aliphatic rings. The van der Waals surface area contributed by atoms with E-state index >= 15 is 0 Å². The number of carboxylic acids is 1. The van der Waals surface area contributed by atoms with Gasteiger partial charge in [-0.15, -0.1) is 0 Å². The van der Waals surface area contributed by atoms with Crippen LogP contribution in [0, 0.1) is 5.92 Å². The molecule has 2 heterocycles. The lowest BCUT2D eigenvalue weighted by Crippen LogP contribution is -2.38. The third kappa shape index (κ3) is 4.55. The van der Waals surface area contributed by atoms with Crippen LogP contribution < -0.4 is 0 Å². The van der Waals surface area contributed by atoms with E-state index in [4.69, 9.17) is 9.84 Å². The van der Waals surface area contributed by atoms with Crippen LogP contribution in [0.4, 0.5) is 0 Å². The van der Waals surface area contributed by atoms with E-state index in [-0.39, 0.29) is 12.5 Å². The average Bonchev–Trinajstić information content (AvgIpc) is 3.04. The summed E-state index contributed by atoms with van der Waals surface area (Å²) in [6, 6.07) is 3.48. The molecule has 1 N–H and O–H groups in total. The van der Waals surface area contributed by atoms with E-state index in [1.807, 2.05) is 6.92 Å². The maximum Gasteiger partial charge on any atom is 0.308 e. The largest absolute Gasteiger partial charge is 0.481 e. The van der Waals surface area contributed by atoms with Gasteiger partial charge in [-0.2, -0.15) is 0 Å². The van der Waals surface area contributed by atoms with Gasteiger partial charge in [0.2, 0.25) is 0 Å². The molecule has 0 saturated heterocycles. The van der Waals surface area contributed by atoms with E-state index in [1.54, 1.807) is 46.9 Å². The Morgan fingerprint density at radius 2 is 2.21 bits per heavy atom. The van der Waals surface area contributed by atoms with Crippen LogP contribution in [-0.2, 0) is 9.53 Å². The first-order chi connectivity index (χ1) is 11.5. The Hall–Kier alpha value is -2.41. The minimum Gasteiger partial charge on any atom is -0.481 e. The first-order valence-electron chi connectivity index (χ1n) is 8.05. The lowest BCUT2D eigenvalue weighted by molar-refractivity contribution is -0.141. The summed E-state index contributed by atoms with van der Waals surface area (Å²) in [6.45, 7) is 5.31. The highest BCUT2D eigenvalue weighted by molar-refractivity contribution is 5.94. The third-order valence-electron chi connectivity index (χ3n) is 3.76. The van der Waals surface area contributed by atoms with Gasteiger partial charge in [0.25, 0.3) is 5.91 Å². The van der Waals surface area contributed by atoms with E-state index in [0.29, 0.717) is 31.7 Å². The second-order valence-corrected chi connectivity index (χ2v) is 5.65. The van der Waals surface area contributed by atoms with Gasteiger partial charge in [0.15, 0.2) is 0 Å². The molecular formula is C17H23N3O4. The topological polar surface area (TPSA) is 84.1 Å². The number of amides is 1. The quantitative estimate of drug-likeness (QED) is 0.709. The summed E-state index contributed by atoms with van der Waals surface area (Å²) in [6.07, 6.45) is 5.81. The molecule has 2 aromatic heterocycles. The van der Waals surface area contributed by atoms with Crippen LogP contribution in [0.2, 0.25) is 0 Å². The first-order valence-corrected chi connectivity index (χ1v) is 8.05. The van der Waals surface area contributed by atoms with E-state index < -0.39 is 11.9 Å². The second-order valence-electron chi connectivity index (χ2n) is 5.65. The predicted molar refractivity (Wildman–Crippen MR) is 89.0 cm³/mol.